The molecular formula is C57H41NS. The zero-order chi connectivity index (χ0) is 39.5. The molecule has 1 aliphatic rings. The standard InChI is InChI=1S/C57H41NS/c1-57(2)51-24-14-12-22-46(51)47-32-31-45(37-52(47)57)58(53-33-30-43(39-18-8-4-9-19-39)34-49(53)42-20-10-5-11-21-42)54-36-44(35-50-48-23-13-15-25-55(48)59-56(50)54)41-28-26-40(27-29-41)38-16-6-3-7-17-38/h3-37H,1-2H3. The fourth-order valence-corrected chi connectivity index (χ4v) is 10.4. The van der Waals surface area contributed by atoms with Gasteiger partial charge in [-0.1, -0.05) is 184 Å². The van der Waals surface area contributed by atoms with Crippen molar-refractivity contribution in [2.75, 3.05) is 4.90 Å². The Labute approximate surface area is 350 Å². The molecule has 0 atom stereocenters. The molecule has 10 aromatic rings. The van der Waals surface area contributed by atoms with Crippen LogP contribution in [0.2, 0.25) is 0 Å². The van der Waals surface area contributed by atoms with Gasteiger partial charge < -0.3 is 4.90 Å². The minimum atomic E-state index is -0.150. The van der Waals surface area contributed by atoms with Gasteiger partial charge in [0.05, 0.1) is 16.1 Å². The molecule has 11 rings (SSSR count). The fourth-order valence-electron chi connectivity index (χ4n) is 9.26. The highest BCUT2D eigenvalue weighted by molar-refractivity contribution is 7.26. The van der Waals surface area contributed by atoms with Crippen LogP contribution in [-0.2, 0) is 5.41 Å². The van der Waals surface area contributed by atoms with E-state index < -0.39 is 0 Å². The minimum Gasteiger partial charge on any atom is -0.308 e. The molecule has 1 heterocycles. The van der Waals surface area contributed by atoms with E-state index in [1.54, 1.807) is 0 Å². The number of nitrogens with zero attached hydrogens (tertiary/aromatic N) is 1. The summed E-state index contributed by atoms with van der Waals surface area (Å²) in [6.45, 7) is 4.75. The fraction of sp³-hybridized carbons (Fsp3) is 0.0526. The van der Waals surface area contributed by atoms with Crippen LogP contribution in [0.1, 0.15) is 25.0 Å². The lowest BCUT2D eigenvalue weighted by molar-refractivity contribution is 0.660. The monoisotopic (exact) mass is 771 g/mol. The first-order valence-corrected chi connectivity index (χ1v) is 21.2. The number of hydrogen-bond donors (Lipinski definition) is 0. The molecule has 59 heavy (non-hydrogen) atoms. The Morgan fingerprint density at radius 1 is 0.356 bits per heavy atom. The van der Waals surface area contributed by atoms with Crippen LogP contribution in [0.25, 0.3) is 75.8 Å². The average Bonchev–Trinajstić information content (AvgIpc) is 3.79. The maximum absolute atomic E-state index is 2.55. The van der Waals surface area contributed by atoms with E-state index in [1.165, 1.54) is 92.6 Å². The van der Waals surface area contributed by atoms with E-state index in [1.807, 2.05) is 11.3 Å². The van der Waals surface area contributed by atoms with Gasteiger partial charge in [-0.2, -0.15) is 0 Å². The normalized spacial score (nSPS) is 12.7. The van der Waals surface area contributed by atoms with Crippen molar-refractivity contribution >= 4 is 48.6 Å². The van der Waals surface area contributed by atoms with Crippen molar-refractivity contribution in [1.82, 2.24) is 0 Å². The van der Waals surface area contributed by atoms with Crippen LogP contribution in [0.3, 0.4) is 0 Å². The van der Waals surface area contributed by atoms with E-state index in [-0.39, 0.29) is 5.41 Å². The Morgan fingerprint density at radius 2 is 0.915 bits per heavy atom. The van der Waals surface area contributed by atoms with Crippen LogP contribution in [0, 0.1) is 0 Å². The zero-order valence-corrected chi connectivity index (χ0v) is 33.9. The van der Waals surface area contributed by atoms with Crippen molar-refractivity contribution in [2.45, 2.75) is 19.3 Å². The van der Waals surface area contributed by atoms with Gasteiger partial charge in [0, 0.05) is 32.1 Å². The van der Waals surface area contributed by atoms with Crippen LogP contribution < -0.4 is 4.90 Å². The second-order valence-electron chi connectivity index (χ2n) is 16.1. The van der Waals surface area contributed by atoms with Crippen molar-refractivity contribution in [3.63, 3.8) is 0 Å². The van der Waals surface area contributed by atoms with Crippen molar-refractivity contribution in [2.24, 2.45) is 0 Å². The van der Waals surface area contributed by atoms with E-state index in [0.717, 1.165) is 11.4 Å². The second kappa shape index (κ2) is 14.1. The van der Waals surface area contributed by atoms with Crippen molar-refractivity contribution in [1.29, 1.82) is 0 Å². The maximum Gasteiger partial charge on any atom is 0.0646 e. The third-order valence-corrected chi connectivity index (χ3v) is 13.5. The summed E-state index contributed by atoms with van der Waals surface area (Å²) >= 11 is 1.88. The molecule has 0 saturated carbocycles. The molecule has 0 saturated heterocycles. The smallest absolute Gasteiger partial charge is 0.0646 e. The summed E-state index contributed by atoms with van der Waals surface area (Å²) in [5.74, 6) is 0. The highest BCUT2D eigenvalue weighted by atomic mass is 32.1. The maximum atomic E-state index is 2.55. The molecule has 0 radical (unpaired) electrons. The largest absolute Gasteiger partial charge is 0.308 e. The molecule has 0 N–H and O–H groups in total. The Hall–Kier alpha value is -7.00. The van der Waals surface area contributed by atoms with E-state index in [0.29, 0.717) is 0 Å². The summed E-state index contributed by atoms with van der Waals surface area (Å²) in [5.41, 5.74) is 18.2. The van der Waals surface area contributed by atoms with Gasteiger partial charge >= 0.3 is 0 Å². The van der Waals surface area contributed by atoms with E-state index in [2.05, 4.69) is 231 Å². The zero-order valence-electron chi connectivity index (χ0n) is 33.1. The van der Waals surface area contributed by atoms with Crippen molar-refractivity contribution in [3.8, 4) is 55.6 Å². The van der Waals surface area contributed by atoms with Crippen LogP contribution in [0.5, 0.6) is 0 Å². The van der Waals surface area contributed by atoms with Gasteiger partial charge in [0.2, 0.25) is 0 Å². The summed E-state index contributed by atoms with van der Waals surface area (Å²) in [5, 5.41) is 2.55. The predicted octanol–water partition coefficient (Wildman–Crippen LogP) is 16.5. The van der Waals surface area contributed by atoms with Gasteiger partial charge in [0.15, 0.2) is 0 Å². The van der Waals surface area contributed by atoms with E-state index in [4.69, 9.17) is 0 Å². The van der Waals surface area contributed by atoms with Gasteiger partial charge in [-0.3, -0.25) is 0 Å². The Bertz CT molecular complexity index is 3160. The number of rotatable bonds is 7. The predicted molar refractivity (Wildman–Crippen MR) is 253 cm³/mol. The average molecular weight is 772 g/mol. The second-order valence-corrected chi connectivity index (χ2v) is 17.2. The molecule has 280 valence electrons. The Morgan fingerprint density at radius 3 is 1.64 bits per heavy atom. The summed E-state index contributed by atoms with van der Waals surface area (Å²) in [4.78, 5) is 2.55. The van der Waals surface area contributed by atoms with Crippen LogP contribution in [0.4, 0.5) is 17.1 Å². The first-order chi connectivity index (χ1) is 29.0. The first kappa shape index (κ1) is 35.2. The minimum absolute atomic E-state index is 0.150. The summed E-state index contributed by atoms with van der Waals surface area (Å²) in [6.07, 6.45) is 0. The first-order valence-electron chi connectivity index (χ1n) is 20.4. The van der Waals surface area contributed by atoms with Crippen LogP contribution in [0.15, 0.2) is 212 Å². The lowest BCUT2D eigenvalue weighted by Crippen LogP contribution is -2.17. The Kier molecular flexibility index (Phi) is 8.43. The Balaban J connectivity index is 1.20. The molecular weight excluding hydrogens is 731 g/mol. The number of fused-ring (bicyclic) bond motifs is 6. The van der Waals surface area contributed by atoms with Gasteiger partial charge in [0.25, 0.3) is 0 Å². The highest BCUT2D eigenvalue weighted by Gasteiger charge is 2.36. The molecule has 0 aliphatic heterocycles. The quantitative estimate of drug-likeness (QED) is 0.156. The SMILES string of the molecule is CC1(C)c2ccccc2-c2ccc(N(c3ccc(-c4ccccc4)cc3-c3ccccc3)c3cc(-c4ccc(-c5ccccc5)cc4)cc4c3sc3ccccc34)cc21. The topological polar surface area (TPSA) is 3.24 Å². The van der Waals surface area contributed by atoms with Gasteiger partial charge in [-0.15, -0.1) is 11.3 Å². The molecule has 0 unspecified atom stereocenters. The van der Waals surface area contributed by atoms with Gasteiger partial charge in [-0.05, 0) is 104 Å². The van der Waals surface area contributed by atoms with Crippen molar-refractivity contribution < 1.29 is 0 Å². The highest BCUT2D eigenvalue weighted by Crippen LogP contribution is 2.53. The van der Waals surface area contributed by atoms with Crippen LogP contribution in [-0.4, -0.2) is 0 Å². The van der Waals surface area contributed by atoms with E-state index >= 15 is 0 Å². The molecule has 2 heteroatoms. The summed E-state index contributed by atoms with van der Waals surface area (Å²) in [6, 6.07) is 78.2. The number of benzene rings is 9. The summed E-state index contributed by atoms with van der Waals surface area (Å²) in [7, 11) is 0. The lowest BCUT2D eigenvalue weighted by atomic mass is 9.82. The number of anilines is 3. The third-order valence-electron chi connectivity index (χ3n) is 12.3. The molecule has 1 aliphatic carbocycles. The van der Waals surface area contributed by atoms with Gasteiger partial charge in [-0.25, -0.2) is 0 Å². The molecule has 0 spiro atoms. The van der Waals surface area contributed by atoms with Crippen LogP contribution >= 0.6 is 11.3 Å². The molecule has 0 bridgehead atoms. The van der Waals surface area contributed by atoms with Crippen molar-refractivity contribution in [3.05, 3.63) is 223 Å². The van der Waals surface area contributed by atoms with Gasteiger partial charge in [0.1, 0.15) is 0 Å². The third kappa shape index (κ3) is 5.99. The molecule has 0 amide bonds. The molecule has 9 aromatic carbocycles. The molecule has 0 fully saturated rings. The molecule has 1 aromatic heterocycles. The lowest BCUT2D eigenvalue weighted by Gasteiger charge is -2.31. The number of thiophene rings is 1. The summed E-state index contributed by atoms with van der Waals surface area (Å²) < 4.78 is 2.55. The number of hydrogen-bond acceptors (Lipinski definition) is 2. The molecule has 1 nitrogen and oxygen atoms in total. The van der Waals surface area contributed by atoms with E-state index in [9.17, 15) is 0 Å².